The number of hydrogen-bond donors (Lipinski definition) is 2. The molecule has 0 aliphatic heterocycles. The second kappa shape index (κ2) is 12.0. The van der Waals surface area contributed by atoms with Gasteiger partial charge in [-0.1, -0.05) is 12.1 Å². The van der Waals surface area contributed by atoms with Crippen LogP contribution in [0.4, 0.5) is 5.69 Å². The molecule has 10 heteroatoms. The van der Waals surface area contributed by atoms with E-state index in [1.807, 2.05) is 26.0 Å². The van der Waals surface area contributed by atoms with Gasteiger partial charge in [0, 0.05) is 30.9 Å². The summed E-state index contributed by atoms with van der Waals surface area (Å²) in [7, 11) is -1.07. The van der Waals surface area contributed by atoms with Crippen LogP contribution in [0.5, 0.6) is 5.75 Å². The van der Waals surface area contributed by atoms with E-state index in [4.69, 9.17) is 9.47 Å². The molecule has 0 fully saturated rings. The topological polar surface area (TPSA) is 114 Å². The zero-order chi connectivity index (χ0) is 25.5. The smallest absolute Gasteiger partial charge is 0.254 e. The molecular weight excluding hydrogens is 458 g/mol. The lowest BCUT2D eigenvalue weighted by atomic mass is 10.1. The van der Waals surface area contributed by atoms with E-state index in [1.165, 1.54) is 37.3 Å². The summed E-state index contributed by atoms with van der Waals surface area (Å²) in [6, 6.07) is 9.39. The van der Waals surface area contributed by atoms with Gasteiger partial charge in [-0.3, -0.25) is 9.59 Å². The maximum Gasteiger partial charge on any atom is 0.254 e. The van der Waals surface area contributed by atoms with Crippen LogP contribution >= 0.6 is 0 Å². The number of nitrogens with zero attached hydrogens (tertiary/aromatic N) is 1. The van der Waals surface area contributed by atoms with E-state index in [0.717, 1.165) is 11.1 Å². The Morgan fingerprint density at radius 2 is 1.79 bits per heavy atom. The molecule has 2 rings (SSSR count). The van der Waals surface area contributed by atoms with Gasteiger partial charge in [0.2, 0.25) is 15.9 Å². The third-order valence-corrected chi connectivity index (χ3v) is 6.84. The zero-order valence-electron chi connectivity index (χ0n) is 20.5. The molecular formula is C24H33N3O6S. The average Bonchev–Trinajstić information content (AvgIpc) is 2.78. The summed E-state index contributed by atoms with van der Waals surface area (Å²) in [5.41, 5.74) is 2.75. The minimum atomic E-state index is -3.92. The summed E-state index contributed by atoms with van der Waals surface area (Å²) in [6.45, 7) is 7.37. The van der Waals surface area contributed by atoms with Gasteiger partial charge < -0.3 is 19.7 Å². The summed E-state index contributed by atoms with van der Waals surface area (Å²) >= 11 is 0. The third-order valence-electron chi connectivity index (χ3n) is 5.16. The van der Waals surface area contributed by atoms with Crippen molar-refractivity contribution in [3.63, 3.8) is 0 Å². The second-order valence-electron chi connectivity index (χ2n) is 8.16. The van der Waals surface area contributed by atoms with Crippen molar-refractivity contribution >= 4 is 27.5 Å². The Bertz CT molecular complexity index is 1130. The highest BCUT2D eigenvalue weighted by atomic mass is 32.2. The van der Waals surface area contributed by atoms with Gasteiger partial charge in [0.1, 0.15) is 17.2 Å². The number of aryl methyl sites for hydroxylation is 1. The molecule has 0 heterocycles. The fourth-order valence-corrected chi connectivity index (χ4v) is 4.73. The highest BCUT2D eigenvalue weighted by Crippen LogP contribution is 2.26. The molecule has 0 bridgehead atoms. The highest BCUT2D eigenvalue weighted by Gasteiger charge is 2.25. The number of ether oxygens (including phenoxy) is 2. The van der Waals surface area contributed by atoms with Gasteiger partial charge in [0.15, 0.2) is 0 Å². The lowest BCUT2D eigenvalue weighted by molar-refractivity contribution is -0.117. The molecule has 0 atom stereocenters. The van der Waals surface area contributed by atoms with Crippen molar-refractivity contribution in [2.24, 2.45) is 0 Å². The molecule has 2 N–H and O–H groups in total. The van der Waals surface area contributed by atoms with Crippen molar-refractivity contribution in [1.29, 1.82) is 0 Å². The zero-order valence-corrected chi connectivity index (χ0v) is 21.3. The van der Waals surface area contributed by atoms with E-state index in [2.05, 4.69) is 10.0 Å². The minimum Gasteiger partial charge on any atom is -0.495 e. The molecule has 0 saturated heterocycles. The van der Waals surface area contributed by atoms with Gasteiger partial charge in [-0.05, 0) is 63.1 Å². The second-order valence-corrected chi connectivity index (χ2v) is 9.84. The van der Waals surface area contributed by atoms with Crippen molar-refractivity contribution in [3.8, 4) is 5.75 Å². The fourth-order valence-electron chi connectivity index (χ4n) is 3.28. The maximum absolute atomic E-state index is 13.3. The van der Waals surface area contributed by atoms with Gasteiger partial charge in [0.05, 0.1) is 13.7 Å². The van der Waals surface area contributed by atoms with Gasteiger partial charge in [-0.2, -0.15) is 0 Å². The van der Waals surface area contributed by atoms with E-state index in [-0.39, 0.29) is 47.9 Å². The van der Waals surface area contributed by atoms with Crippen molar-refractivity contribution in [3.05, 3.63) is 53.1 Å². The maximum atomic E-state index is 13.3. The number of benzene rings is 2. The van der Waals surface area contributed by atoms with Gasteiger partial charge >= 0.3 is 0 Å². The number of sulfonamides is 1. The van der Waals surface area contributed by atoms with Crippen LogP contribution in [0.25, 0.3) is 0 Å². The number of methoxy groups -OCH3 is 2. The van der Waals surface area contributed by atoms with Crippen LogP contribution in [0.2, 0.25) is 0 Å². The molecule has 0 aliphatic rings. The van der Waals surface area contributed by atoms with Crippen molar-refractivity contribution in [1.82, 2.24) is 9.62 Å². The lowest BCUT2D eigenvalue weighted by Crippen LogP contribution is -2.40. The molecule has 0 radical (unpaired) electrons. The fraction of sp³-hybridized carbons (Fsp3) is 0.417. The molecule has 0 saturated carbocycles. The van der Waals surface area contributed by atoms with E-state index in [1.54, 1.807) is 19.9 Å². The van der Waals surface area contributed by atoms with Gasteiger partial charge in [-0.15, -0.1) is 0 Å². The normalized spacial score (nSPS) is 11.4. The number of carbonyl (C=O) groups is 2. The number of nitrogens with one attached hydrogen (secondary N) is 2. The number of amides is 2. The molecule has 34 heavy (non-hydrogen) atoms. The first-order valence-electron chi connectivity index (χ1n) is 10.8. The Morgan fingerprint density at radius 1 is 1.09 bits per heavy atom. The Kier molecular flexibility index (Phi) is 9.60. The van der Waals surface area contributed by atoms with E-state index in [0.29, 0.717) is 5.69 Å². The first-order valence-corrected chi connectivity index (χ1v) is 12.3. The van der Waals surface area contributed by atoms with Crippen LogP contribution < -0.4 is 14.8 Å². The predicted molar refractivity (Wildman–Crippen MR) is 131 cm³/mol. The summed E-state index contributed by atoms with van der Waals surface area (Å²) in [5, 5.41) is 2.84. The van der Waals surface area contributed by atoms with E-state index < -0.39 is 15.9 Å². The average molecular weight is 492 g/mol. The van der Waals surface area contributed by atoms with Crippen LogP contribution in [0.3, 0.4) is 0 Å². The Morgan fingerprint density at radius 3 is 2.41 bits per heavy atom. The van der Waals surface area contributed by atoms with Crippen molar-refractivity contribution < 1.29 is 27.5 Å². The first-order chi connectivity index (χ1) is 16.0. The molecule has 0 aromatic heterocycles. The first kappa shape index (κ1) is 27.3. The van der Waals surface area contributed by atoms with Crippen LogP contribution in [0.15, 0.2) is 41.3 Å². The summed E-state index contributed by atoms with van der Waals surface area (Å²) < 4.78 is 38.3. The monoisotopic (exact) mass is 491 g/mol. The quantitative estimate of drug-likeness (QED) is 0.500. The molecule has 186 valence electrons. The van der Waals surface area contributed by atoms with E-state index >= 15 is 0 Å². The summed E-state index contributed by atoms with van der Waals surface area (Å²) in [5.74, 6) is -0.765. The highest BCUT2D eigenvalue weighted by molar-refractivity contribution is 7.89. The molecule has 0 unspecified atom stereocenters. The molecule has 9 nitrogen and oxygen atoms in total. The van der Waals surface area contributed by atoms with Gasteiger partial charge in [0.25, 0.3) is 5.91 Å². The Balaban J connectivity index is 2.33. The van der Waals surface area contributed by atoms with Gasteiger partial charge in [-0.25, -0.2) is 13.1 Å². The molecule has 0 aliphatic carbocycles. The Labute approximate surface area is 201 Å². The number of anilines is 1. The number of rotatable bonds is 11. The van der Waals surface area contributed by atoms with Crippen LogP contribution in [-0.2, 0) is 19.6 Å². The third kappa shape index (κ3) is 7.02. The molecule has 2 aromatic rings. The SMILES string of the molecule is COCCN(CC(=O)Nc1cccc(C)c1C)C(=O)c1ccc(OC)c(S(=O)(=O)NC(C)C)c1. The Hall–Kier alpha value is -2.95. The van der Waals surface area contributed by atoms with Crippen LogP contribution in [0, 0.1) is 13.8 Å². The summed E-state index contributed by atoms with van der Waals surface area (Å²) in [4.78, 5) is 27.2. The standard InChI is InChI=1S/C24H33N3O6S/c1-16(2)26-34(30,31)22-14-19(10-11-21(22)33-6)24(29)27(12-13-32-5)15-23(28)25-20-9-7-8-17(3)18(20)4/h7-11,14,16,26H,12-13,15H2,1-6H3,(H,25,28). The molecule has 2 amide bonds. The van der Waals surface area contributed by atoms with Crippen molar-refractivity contribution in [2.45, 2.75) is 38.6 Å². The predicted octanol–water partition coefficient (Wildman–Crippen LogP) is 2.73. The molecule has 0 spiro atoms. The van der Waals surface area contributed by atoms with Crippen LogP contribution in [0.1, 0.15) is 35.3 Å². The number of hydrogen-bond acceptors (Lipinski definition) is 6. The minimum absolute atomic E-state index is 0.112. The largest absolute Gasteiger partial charge is 0.495 e. The van der Waals surface area contributed by atoms with E-state index in [9.17, 15) is 18.0 Å². The summed E-state index contributed by atoms with van der Waals surface area (Å²) in [6.07, 6.45) is 0. The molecule has 2 aromatic carbocycles. The van der Waals surface area contributed by atoms with Crippen molar-refractivity contribution in [2.75, 3.05) is 39.2 Å². The van der Waals surface area contributed by atoms with Crippen LogP contribution in [-0.4, -0.2) is 65.1 Å². The lowest BCUT2D eigenvalue weighted by Gasteiger charge is -2.23. The number of carbonyl (C=O) groups excluding carboxylic acids is 2.